The first kappa shape index (κ1) is 14.3. The summed E-state index contributed by atoms with van der Waals surface area (Å²) < 4.78 is 5.37. The first-order valence-electron chi connectivity index (χ1n) is 7.20. The Balaban J connectivity index is 1.80. The van der Waals surface area contributed by atoms with Crippen molar-refractivity contribution in [3.05, 3.63) is 41.7 Å². The van der Waals surface area contributed by atoms with E-state index in [1.165, 1.54) is 0 Å². The van der Waals surface area contributed by atoms with Gasteiger partial charge in [0.25, 0.3) is 0 Å². The van der Waals surface area contributed by atoms with Crippen LogP contribution in [0.2, 0.25) is 0 Å². The molecule has 112 valence electrons. The van der Waals surface area contributed by atoms with E-state index in [1.807, 2.05) is 25.1 Å². The molecule has 1 fully saturated rings. The van der Waals surface area contributed by atoms with Crippen molar-refractivity contribution >= 4 is 17.3 Å². The fourth-order valence-electron chi connectivity index (χ4n) is 2.35. The predicted octanol–water partition coefficient (Wildman–Crippen LogP) is 2.24. The minimum atomic E-state index is 0.637. The molecule has 1 saturated heterocycles. The normalized spacial score (nSPS) is 14.5. The Bertz CT molecular complexity index is 687. The highest BCUT2D eigenvalue weighted by Crippen LogP contribution is 2.20. The van der Waals surface area contributed by atoms with E-state index in [9.17, 15) is 0 Å². The van der Waals surface area contributed by atoms with E-state index in [4.69, 9.17) is 10.00 Å². The van der Waals surface area contributed by atoms with Gasteiger partial charge in [-0.3, -0.25) is 0 Å². The number of nitrogens with one attached hydrogen (secondary N) is 1. The molecule has 22 heavy (non-hydrogen) atoms. The van der Waals surface area contributed by atoms with Crippen LogP contribution in [0.3, 0.4) is 0 Å². The molecule has 2 heterocycles. The van der Waals surface area contributed by atoms with Gasteiger partial charge in [0.05, 0.1) is 24.8 Å². The van der Waals surface area contributed by atoms with Crippen molar-refractivity contribution in [3.63, 3.8) is 0 Å². The summed E-state index contributed by atoms with van der Waals surface area (Å²) in [5.74, 6) is 2.38. The van der Waals surface area contributed by atoms with Crippen LogP contribution in [0.25, 0.3) is 0 Å². The van der Waals surface area contributed by atoms with Crippen molar-refractivity contribution in [1.82, 2.24) is 9.97 Å². The molecule has 0 amide bonds. The van der Waals surface area contributed by atoms with Crippen molar-refractivity contribution in [2.75, 3.05) is 36.5 Å². The SMILES string of the molecule is Cc1nc(Nc2ccc(C#N)cc2)cc(N2CCOCC2)n1. The quantitative estimate of drug-likeness (QED) is 0.936. The fraction of sp³-hybridized carbons (Fsp3) is 0.312. The molecule has 0 saturated carbocycles. The van der Waals surface area contributed by atoms with Gasteiger partial charge in [-0.1, -0.05) is 0 Å². The van der Waals surface area contributed by atoms with Crippen LogP contribution < -0.4 is 10.2 Å². The van der Waals surface area contributed by atoms with Gasteiger partial charge in [-0.25, -0.2) is 9.97 Å². The molecule has 1 aromatic heterocycles. The lowest BCUT2D eigenvalue weighted by Crippen LogP contribution is -2.36. The number of ether oxygens (including phenoxy) is 1. The van der Waals surface area contributed by atoms with Crippen LogP contribution in [0.5, 0.6) is 0 Å². The van der Waals surface area contributed by atoms with E-state index >= 15 is 0 Å². The van der Waals surface area contributed by atoms with Gasteiger partial charge >= 0.3 is 0 Å². The zero-order valence-electron chi connectivity index (χ0n) is 12.4. The molecule has 2 aromatic rings. The molecule has 6 nitrogen and oxygen atoms in total. The summed E-state index contributed by atoms with van der Waals surface area (Å²) in [6.45, 7) is 5.01. The number of benzene rings is 1. The van der Waals surface area contributed by atoms with Crippen molar-refractivity contribution in [2.45, 2.75) is 6.92 Å². The molecule has 1 N–H and O–H groups in total. The second-order valence-electron chi connectivity index (χ2n) is 5.07. The monoisotopic (exact) mass is 295 g/mol. The number of hydrogen-bond donors (Lipinski definition) is 1. The van der Waals surface area contributed by atoms with Crippen LogP contribution in [0.15, 0.2) is 30.3 Å². The molecule has 3 rings (SSSR count). The largest absolute Gasteiger partial charge is 0.378 e. The molecule has 1 aliphatic rings. The Hall–Kier alpha value is -2.65. The molecular formula is C16H17N5O. The zero-order valence-corrected chi connectivity index (χ0v) is 12.4. The van der Waals surface area contributed by atoms with E-state index in [0.717, 1.165) is 49.5 Å². The van der Waals surface area contributed by atoms with E-state index in [2.05, 4.69) is 26.3 Å². The maximum absolute atomic E-state index is 8.83. The van der Waals surface area contributed by atoms with Crippen LogP contribution in [-0.4, -0.2) is 36.3 Å². The Morgan fingerprint density at radius 2 is 1.91 bits per heavy atom. The van der Waals surface area contributed by atoms with Crippen LogP contribution in [0.4, 0.5) is 17.3 Å². The van der Waals surface area contributed by atoms with Crippen molar-refractivity contribution < 1.29 is 4.74 Å². The fourth-order valence-corrected chi connectivity index (χ4v) is 2.35. The minimum absolute atomic E-state index is 0.637. The van der Waals surface area contributed by atoms with Crippen LogP contribution >= 0.6 is 0 Å². The smallest absolute Gasteiger partial charge is 0.136 e. The highest BCUT2D eigenvalue weighted by molar-refractivity contribution is 5.60. The van der Waals surface area contributed by atoms with Crippen LogP contribution in [-0.2, 0) is 4.74 Å². The number of anilines is 3. The van der Waals surface area contributed by atoms with Crippen LogP contribution in [0, 0.1) is 18.3 Å². The molecule has 1 aliphatic heterocycles. The zero-order chi connectivity index (χ0) is 15.4. The van der Waals surface area contributed by atoms with Gasteiger partial charge < -0.3 is 15.0 Å². The first-order chi connectivity index (χ1) is 10.7. The number of morpholine rings is 1. The Labute approximate surface area is 129 Å². The molecule has 1 aromatic carbocycles. The second kappa shape index (κ2) is 6.41. The van der Waals surface area contributed by atoms with E-state index in [1.54, 1.807) is 12.1 Å². The molecule has 0 radical (unpaired) electrons. The molecular weight excluding hydrogens is 278 g/mol. The van der Waals surface area contributed by atoms with Crippen molar-refractivity contribution in [3.8, 4) is 6.07 Å². The summed E-state index contributed by atoms with van der Waals surface area (Å²) in [7, 11) is 0. The van der Waals surface area contributed by atoms with E-state index in [-0.39, 0.29) is 0 Å². The van der Waals surface area contributed by atoms with E-state index < -0.39 is 0 Å². The standard InChI is InChI=1S/C16H17N5O/c1-12-18-15(20-14-4-2-13(11-17)3-5-14)10-16(19-12)21-6-8-22-9-7-21/h2-5,10H,6-9H2,1H3,(H,18,19,20). The van der Waals surface area contributed by atoms with Gasteiger partial charge in [-0.05, 0) is 31.2 Å². The Morgan fingerprint density at radius 3 is 2.59 bits per heavy atom. The summed E-state index contributed by atoms with van der Waals surface area (Å²) in [6.07, 6.45) is 0. The van der Waals surface area contributed by atoms with Gasteiger partial charge in [0.2, 0.25) is 0 Å². The highest BCUT2D eigenvalue weighted by Gasteiger charge is 2.14. The van der Waals surface area contributed by atoms with Gasteiger partial charge in [0, 0.05) is 24.8 Å². The van der Waals surface area contributed by atoms with E-state index in [0.29, 0.717) is 5.56 Å². The summed E-state index contributed by atoms with van der Waals surface area (Å²) in [5.41, 5.74) is 1.53. The lowest BCUT2D eigenvalue weighted by atomic mass is 10.2. The molecule has 6 heteroatoms. The Morgan fingerprint density at radius 1 is 1.18 bits per heavy atom. The third-order valence-corrected chi connectivity index (χ3v) is 3.45. The third kappa shape index (κ3) is 3.32. The van der Waals surface area contributed by atoms with Gasteiger partial charge in [-0.15, -0.1) is 0 Å². The third-order valence-electron chi connectivity index (χ3n) is 3.45. The lowest BCUT2D eigenvalue weighted by molar-refractivity contribution is 0.122. The highest BCUT2D eigenvalue weighted by atomic mass is 16.5. The number of nitrogens with zero attached hydrogens (tertiary/aromatic N) is 4. The van der Waals surface area contributed by atoms with Crippen molar-refractivity contribution in [2.24, 2.45) is 0 Å². The lowest BCUT2D eigenvalue weighted by Gasteiger charge is -2.28. The molecule has 0 aliphatic carbocycles. The number of hydrogen-bond acceptors (Lipinski definition) is 6. The topological polar surface area (TPSA) is 74.1 Å². The number of aromatic nitrogens is 2. The Kier molecular flexibility index (Phi) is 4.17. The molecule has 0 bridgehead atoms. The van der Waals surface area contributed by atoms with Gasteiger partial charge in [0.15, 0.2) is 0 Å². The maximum atomic E-state index is 8.83. The van der Waals surface area contributed by atoms with Gasteiger partial charge in [0.1, 0.15) is 17.5 Å². The predicted molar refractivity (Wildman–Crippen MR) is 84.2 cm³/mol. The number of rotatable bonds is 3. The average Bonchev–Trinajstić information content (AvgIpc) is 2.56. The van der Waals surface area contributed by atoms with Crippen LogP contribution in [0.1, 0.15) is 11.4 Å². The molecule has 0 atom stereocenters. The summed E-state index contributed by atoms with van der Waals surface area (Å²) in [5, 5.41) is 12.1. The summed E-state index contributed by atoms with van der Waals surface area (Å²) in [6, 6.07) is 11.3. The first-order valence-corrected chi connectivity index (χ1v) is 7.20. The van der Waals surface area contributed by atoms with Gasteiger partial charge in [-0.2, -0.15) is 5.26 Å². The van der Waals surface area contributed by atoms with Crippen molar-refractivity contribution in [1.29, 1.82) is 5.26 Å². The molecule has 0 spiro atoms. The second-order valence-corrected chi connectivity index (χ2v) is 5.07. The average molecular weight is 295 g/mol. The maximum Gasteiger partial charge on any atom is 0.136 e. The summed E-state index contributed by atoms with van der Waals surface area (Å²) in [4.78, 5) is 11.1. The molecule has 0 unspecified atom stereocenters. The minimum Gasteiger partial charge on any atom is -0.378 e. The number of nitriles is 1. The number of aryl methyl sites for hydroxylation is 1. The summed E-state index contributed by atoms with van der Waals surface area (Å²) >= 11 is 0.